The van der Waals surface area contributed by atoms with Gasteiger partial charge in [0.05, 0.1) is 23.8 Å². The Kier molecular flexibility index (Phi) is 9.62. The van der Waals surface area contributed by atoms with Gasteiger partial charge in [0.25, 0.3) is 0 Å². The Labute approximate surface area is 228 Å². The molecule has 17 heteroatoms. The van der Waals surface area contributed by atoms with Gasteiger partial charge < -0.3 is 24.8 Å². The van der Waals surface area contributed by atoms with Crippen molar-refractivity contribution < 1.29 is 33.0 Å². The van der Waals surface area contributed by atoms with E-state index in [0.717, 1.165) is 4.57 Å². The van der Waals surface area contributed by atoms with Crippen LogP contribution in [0.4, 0.5) is 5.82 Å². The van der Waals surface area contributed by atoms with E-state index in [0.29, 0.717) is 0 Å². The molecule has 1 fully saturated rings. The van der Waals surface area contributed by atoms with E-state index in [1.807, 2.05) is 0 Å². The maximum absolute atomic E-state index is 13.8. The predicted molar refractivity (Wildman–Crippen MR) is 140 cm³/mol. The van der Waals surface area contributed by atoms with Gasteiger partial charge >= 0.3 is 19.4 Å². The Morgan fingerprint density at radius 2 is 2.10 bits per heavy atom. The van der Waals surface area contributed by atoms with Gasteiger partial charge in [-0.05, 0) is 51.4 Å². The number of hydrogen-bond donors (Lipinski definition) is 3. The van der Waals surface area contributed by atoms with Crippen LogP contribution in [0.3, 0.4) is 0 Å². The number of nitrogens with two attached hydrogens (primary N) is 1. The first-order valence-corrected chi connectivity index (χ1v) is 13.6. The van der Waals surface area contributed by atoms with Crippen molar-refractivity contribution in [2.45, 2.75) is 63.8 Å². The molecule has 0 saturated carbocycles. The second kappa shape index (κ2) is 12.3. The zero-order valence-electron chi connectivity index (χ0n) is 21.5. The van der Waals surface area contributed by atoms with E-state index >= 15 is 0 Å². The van der Waals surface area contributed by atoms with E-state index < -0.39 is 62.1 Å². The van der Waals surface area contributed by atoms with E-state index in [-0.39, 0.29) is 16.6 Å². The van der Waals surface area contributed by atoms with Crippen LogP contribution in [-0.4, -0.2) is 57.1 Å². The number of nitrogens with zero attached hydrogens (tertiary/aromatic N) is 5. The lowest BCUT2D eigenvalue weighted by molar-refractivity contribution is -0.149. The number of ether oxygens (including phenoxy) is 2. The predicted octanol–water partition coefficient (Wildman–Crippen LogP) is 2.94. The van der Waals surface area contributed by atoms with E-state index in [4.69, 9.17) is 41.4 Å². The van der Waals surface area contributed by atoms with E-state index in [9.17, 15) is 19.3 Å². The highest BCUT2D eigenvalue weighted by molar-refractivity contribution is 7.52. The Morgan fingerprint density at radius 3 is 2.72 bits per heavy atom. The van der Waals surface area contributed by atoms with Crippen molar-refractivity contribution in [2.75, 3.05) is 12.3 Å². The van der Waals surface area contributed by atoms with Crippen LogP contribution in [0.25, 0.3) is 10.4 Å². The number of hydrogen-bond acceptors (Lipinski definition) is 11. The van der Waals surface area contributed by atoms with Gasteiger partial charge in [0.15, 0.2) is 6.23 Å². The molecule has 15 nitrogen and oxygen atoms in total. The summed E-state index contributed by atoms with van der Waals surface area (Å²) < 4.78 is 37.0. The van der Waals surface area contributed by atoms with Crippen LogP contribution in [0, 0.1) is 0 Å². The normalized spacial score (nSPS) is 24.9. The maximum atomic E-state index is 13.8. The Balaban J connectivity index is 1.89. The van der Waals surface area contributed by atoms with E-state index in [1.165, 1.54) is 38.2 Å². The Morgan fingerprint density at radius 1 is 1.41 bits per heavy atom. The zero-order chi connectivity index (χ0) is 29.0. The van der Waals surface area contributed by atoms with Crippen molar-refractivity contribution in [1.29, 1.82) is 0 Å². The molecule has 2 heterocycles. The topological polar surface area (TPSA) is 213 Å². The Hall–Kier alpha value is -3.16. The third kappa shape index (κ3) is 7.08. The fraction of sp³-hybridized carbons (Fsp3) is 0.500. The molecule has 39 heavy (non-hydrogen) atoms. The third-order valence-electron chi connectivity index (χ3n) is 5.64. The summed E-state index contributed by atoms with van der Waals surface area (Å²) in [6.45, 7) is 5.48. The molecular weight excluding hydrogens is 557 g/mol. The average Bonchev–Trinajstić information content (AvgIpc) is 3.09. The molecular formula is C22H29ClN7O8P. The molecule has 4 N–H and O–H groups in total. The Bertz CT molecular complexity index is 1350. The van der Waals surface area contributed by atoms with Gasteiger partial charge in [-0.25, -0.2) is 9.36 Å². The number of aliphatic hydroxyl groups excluding tert-OH is 1. The molecule has 6 atom stereocenters. The second-order valence-corrected chi connectivity index (χ2v) is 11.2. The van der Waals surface area contributed by atoms with Crippen LogP contribution in [0.2, 0.25) is 5.02 Å². The fourth-order valence-corrected chi connectivity index (χ4v) is 5.47. The summed E-state index contributed by atoms with van der Waals surface area (Å²) in [6.07, 6.45) is -3.31. The summed E-state index contributed by atoms with van der Waals surface area (Å²) in [5.41, 5.74) is 12.2. The zero-order valence-corrected chi connectivity index (χ0v) is 23.2. The first-order chi connectivity index (χ1) is 18.3. The van der Waals surface area contributed by atoms with Gasteiger partial charge in [-0.15, -0.1) is 0 Å². The van der Waals surface area contributed by atoms with Crippen molar-refractivity contribution >= 4 is 31.1 Å². The number of carbonyl (C=O) groups is 1. The smallest absolute Gasteiger partial charge is 0.459 e. The number of esters is 1. The standard InChI is InChI=1S/C22H29ClN7O8P/c1-12(2)36-19(32)13(3)27-39(34,38-15-8-6-5-7-14(15)23)35-11-16-18(31)22(4,28-29-25)20(37-16)30-10-9-17(24)26-21(30)33/h5-10,12-13,16,18,20,31H,11H2,1-4H3,(H,27,34)(H2,24,26,33)/t13-,16+,18+,20+,22+,39?/m0/s1. The first kappa shape index (κ1) is 30.4. The fourth-order valence-electron chi connectivity index (χ4n) is 3.72. The molecule has 1 aliphatic heterocycles. The van der Waals surface area contributed by atoms with Crippen molar-refractivity contribution in [3.63, 3.8) is 0 Å². The molecule has 1 unspecified atom stereocenters. The molecule has 0 bridgehead atoms. The number of azide groups is 1. The maximum Gasteiger partial charge on any atom is 0.459 e. The largest absolute Gasteiger partial charge is 0.462 e. The number of carbonyl (C=O) groups excluding carboxylic acids is 1. The van der Waals surface area contributed by atoms with Crippen LogP contribution in [0.15, 0.2) is 46.4 Å². The van der Waals surface area contributed by atoms with Crippen molar-refractivity contribution in [3.05, 3.63) is 62.5 Å². The van der Waals surface area contributed by atoms with Gasteiger partial charge in [0, 0.05) is 11.1 Å². The molecule has 0 radical (unpaired) electrons. The van der Waals surface area contributed by atoms with Gasteiger partial charge in [0.1, 0.15) is 29.3 Å². The molecule has 2 aromatic rings. The lowest BCUT2D eigenvalue weighted by Gasteiger charge is -2.28. The number of benzene rings is 1. The summed E-state index contributed by atoms with van der Waals surface area (Å²) in [5, 5.41) is 17.3. The summed E-state index contributed by atoms with van der Waals surface area (Å²) in [4.78, 5) is 31.2. The van der Waals surface area contributed by atoms with Gasteiger partial charge in [-0.2, -0.15) is 10.1 Å². The monoisotopic (exact) mass is 585 g/mol. The third-order valence-corrected chi connectivity index (χ3v) is 7.58. The highest BCUT2D eigenvalue weighted by Crippen LogP contribution is 2.48. The van der Waals surface area contributed by atoms with Crippen molar-refractivity contribution in [1.82, 2.24) is 14.6 Å². The van der Waals surface area contributed by atoms with E-state index in [2.05, 4.69) is 20.1 Å². The first-order valence-electron chi connectivity index (χ1n) is 11.7. The van der Waals surface area contributed by atoms with E-state index in [1.54, 1.807) is 26.0 Å². The average molecular weight is 586 g/mol. The molecule has 1 aromatic heterocycles. The van der Waals surface area contributed by atoms with Crippen LogP contribution in [0.5, 0.6) is 5.75 Å². The van der Waals surface area contributed by atoms with Crippen molar-refractivity contribution in [2.24, 2.45) is 5.11 Å². The molecule has 1 aliphatic rings. The number of rotatable bonds is 11. The minimum Gasteiger partial charge on any atom is -0.462 e. The van der Waals surface area contributed by atoms with Crippen molar-refractivity contribution in [3.8, 4) is 5.75 Å². The molecule has 3 rings (SSSR count). The highest BCUT2D eigenvalue weighted by atomic mass is 35.5. The molecule has 212 valence electrons. The lowest BCUT2D eigenvalue weighted by atomic mass is 9.93. The minimum atomic E-state index is -4.39. The molecule has 1 aromatic carbocycles. The molecule has 0 amide bonds. The lowest BCUT2D eigenvalue weighted by Crippen LogP contribution is -2.45. The SMILES string of the molecule is CC(C)OC(=O)[C@H](C)NP(=O)(OC[C@H]1O[C@@H](n2ccc(N)nc2=O)[C@](C)(N=[N+]=[N-])[C@@H]1O)Oc1ccccc1Cl. The molecule has 0 spiro atoms. The van der Waals surface area contributed by atoms with Gasteiger partial charge in [-0.3, -0.25) is 13.9 Å². The number of halogens is 1. The van der Waals surface area contributed by atoms with Crippen LogP contribution >= 0.6 is 19.3 Å². The highest BCUT2D eigenvalue weighted by Gasteiger charge is 2.55. The summed E-state index contributed by atoms with van der Waals surface area (Å²) >= 11 is 6.15. The molecule has 1 saturated heterocycles. The number of nitrogen functional groups attached to an aromatic ring is 1. The number of anilines is 1. The molecule has 0 aliphatic carbocycles. The summed E-state index contributed by atoms with van der Waals surface area (Å²) in [7, 11) is -4.39. The summed E-state index contributed by atoms with van der Waals surface area (Å²) in [6, 6.07) is 6.33. The van der Waals surface area contributed by atoms with Gasteiger partial charge in [-0.1, -0.05) is 28.8 Å². The number of nitrogens with one attached hydrogen (secondary N) is 1. The van der Waals surface area contributed by atoms with Crippen LogP contribution in [-0.2, 0) is 23.4 Å². The quantitative estimate of drug-likeness (QED) is 0.115. The number of aliphatic hydroxyl groups is 1. The number of aromatic nitrogens is 2. The summed E-state index contributed by atoms with van der Waals surface area (Å²) in [5.74, 6) is -0.780. The minimum absolute atomic E-state index is 0.0105. The second-order valence-electron chi connectivity index (χ2n) is 9.08. The number of para-hydroxylation sites is 1. The van der Waals surface area contributed by atoms with Gasteiger partial charge in [0.2, 0.25) is 0 Å². The van der Waals surface area contributed by atoms with Crippen LogP contribution < -0.4 is 21.0 Å². The van der Waals surface area contributed by atoms with Crippen LogP contribution in [0.1, 0.15) is 33.9 Å².